The summed E-state index contributed by atoms with van der Waals surface area (Å²) >= 11 is 0. The van der Waals surface area contributed by atoms with Crippen LogP contribution in [0.1, 0.15) is 49.9 Å². The van der Waals surface area contributed by atoms with Gasteiger partial charge in [-0.05, 0) is 18.8 Å². The number of ketones is 1. The first-order valence-electron chi connectivity index (χ1n) is 10.4. The third-order valence-corrected chi connectivity index (χ3v) is 6.03. The largest absolute Gasteiger partial charge is 0.384 e. The lowest BCUT2D eigenvalue weighted by molar-refractivity contribution is 0.0773. The minimum absolute atomic E-state index is 0.00334. The Balaban J connectivity index is 1.73. The van der Waals surface area contributed by atoms with Crippen molar-refractivity contribution in [2.75, 3.05) is 38.5 Å². The molecule has 0 aromatic carbocycles. The van der Waals surface area contributed by atoms with Crippen molar-refractivity contribution in [1.29, 1.82) is 0 Å². The number of anilines is 1. The number of nitrogens with zero attached hydrogens (tertiary/aromatic N) is 4. The number of carbonyl (C=O) groups excluding carboxylic acids is 1. The number of Topliss-reactive ketones (excluding diaryl/α,β-unsaturated/α-hetero) is 1. The zero-order valence-corrected chi connectivity index (χ0v) is 17.3. The van der Waals surface area contributed by atoms with Crippen molar-refractivity contribution in [1.82, 2.24) is 18.9 Å². The number of nitrogens with two attached hydrogens (primary N) is 1. The molecule has 0 unspecified atom stereocenters. The van der Waals surface area contributed by atoms with Crippen molar-refractivity contribution in [3.63, 3.8) is 0 Å². The lowest BCUT2D eigenvalue weighted by Gasteiger charge is -2.37. The molecule has 1 saturated carbocycles. The molecule has 1 saturated heterocycles. The highest BCUT2D eigenvalue weighted by Gasteiger charge is 2.28. The number of aromatic nitrogens is 2. The molecular formula is C20H33N5O3. The van der Waals surface area contributed by atoms with Crippen LogP contribution in [0.25, 0.3) is 0 Å². The van der Waals surface area contributed by atoms with Gasteiger partial charge in [-0.1, -0.05) is 26.7 Å². The van der Waals surface area contributed by atoms with Gasteiger partial charge in [0, 0.05) is 45.8 Å². The summed E-state index contributed by atoms with van der Waals surface area (Å²) in [5, 5.41) is 0. The minimum Gasteiger partial charge on any atom is -0.384 e. The fourth-order valence-electron chi connectivity index (χ4n) is 4.43. The van der Waals surface area contributed by atoms with E-state index in [-0.39, 0.29) is 29.6 Å². The van der Waals surface area contributed by atoms with Crippen LogP contribution in [0.15, 0.2) is 9.59 Å². The molecule has 156 valence electrons. The van der Waals surface area contributed by atoms with Gasteiger partial charge in [-0.25, -0.2) is 4.79 Å². The van der Waals surface area contributed by atoms with Crippen LogP contribution in [-0.2, 0) is 13.6 Å². The smallest absolute Gasteiger partial charge is 0.332 e. The summed E-state index contributed by atoms with van der Waals surface area (Å²) in [5.41, 5.74) is 4.99. The molecule has 0 radical (unpaired) electrons. The van der Waals surface area contributed by atoms with Crippen LogP contribution >= 0.6 is 0 Å². The molecule has 2 aliphatic rings. The van der Waals surface area contributed by atoms with Crippen LogP contribution in [0.4, 0.5) is 5.82 Å². The molecule has 1 aliphatic heterocycles. The van der Waals surface area contributed by atoms with Gasteiger partial charge < -0.3 is 5.73 Å². The Morgan fingerprint density at radius 2 is 1.71 bits per heavy atom. The molecule has 1 aromatic heterocycles. The molecule has 0 atom stereocenters. The van der Waals surface area contributed by atoms with E-state index in [4.69, 9.17) is 5.73 Å². The Morgan fingerprint density at radius 3 is 2.29 bits per heavy atom. The summed E-state index contributed by atoms with van der Waals surface area (Å²) in [5.74, 6) is -0.134. The van der Waals surface area contributed by atoms with E-state index in [0.717, 1.165) is 30.7 Å². The van der Waals surface area contributed by atoms with E-state index in [9.17, 15) is 14.4 Å². The normalized spacial score (nSPS) is 19.6. The van der Waals surface area contributed by atoms with Gasteiger partial charge in [0.25, 0.3) is 5.56 Å². The lowest BCUT2D eigenvalue weighted by Crippen LogP contribution is -2.51. The summed E-state index contributed by atoms with van der Waals surface area (Å²) in [4.78, 5) is 42.5. The minimum atomic E-state index is -0.600. The first-order chi connectivity index (χ1) is 13.3. The Bertz CT molecular complexity index is 827. The molecule has 2 N–H and O–H groups in total. The SMILES string of the molecule is CC(C)Cn1c(N)c(C(=O)CN2CCN(C3CCCC3)CC2)c(=O)n(C)c1=O. The van der Waals surface area contributed by atoms with Gasteiger partial charge in [0.05, 0.1) is 6.54 Å². The Hall–Kier alpha value is -1.93. The van der Waals surface area contributed by atoms with Crippen LogP contribution in [0.5, 0.6) is 0 Å². The van der Waals surface area contributed by atoms with Gasteiger partial charge in [0.15, 0.2) is 5.78 Å². The van der Waals surface area contributed by atoms with Gasteiger partial charge in [-0.3, -0.25) is 28.5 Å². The second kappa shape index (κ2) is 8.61. The van der Waals surface area contributed by atoms with Crippen molar-refractivity contribution in [2.24, 2.45) is 13.0 Å². The molecule has 8 heteroatoms. The maximum Gasteiger partial charge on any atom is 0.332 e. The molecule has 3 rings (SSSR count). The van der Waals surface area contributed by atoms with Crippen LogP contribution in [0, 0.1) is 5.92 Å². The highest BCUT2D eigenvalue weighted by Crippen LogP contribution is 2.24. The van der Waals surface area contributed by atoms with Crippen LogP contribution < -0.4 is 17.0 Å². The molecular weight excluding hydrogens is 358 g/mol. The summed E-state index contributed by atoms with van der Waals surface area (Å²) in [6.07, 6.45) is 5.20. The molecule has 2 fully saturated rings. The fraction of sp³-hybridized carbons (Fsp3) is 0.750. The van der Waals surface area contributed by atoms with Crippen LogP contribution in [0.3, 0.4) is 0 Å². The molecule has 0 spiro atoms. The Morgan fingerprint density at radius 1 is 1.11 bits per heavy atom. The number of carbonyl (C=O) groups is 1. The van der Waals surface area contributed by atoms with Gasteiger partial charge in [0.2, 0.25) is 0 Å². The van der Waals surface area contributed by atoms with E-state index < -0.39 is 11.2 Å². The zero-order valence-electron chi connectivity index (χ0n) is 17.3. The highest BCUT2D eigenvalue weighted by molar-refractivity contribution is 6.01. The second-order valence-corrected chi connectivity index (χ2v) is 8.59. The van der Waals surface area contributed by atoms with Crippen molar-refractivity contribution in [2.45, 2.75) is 52.1 Å². The average molecular weight is 392 g/mol. The highest BCUT2D eigenvalue weighted by atomic mass is 16.2. The maximum atomic E-state index is 12.9. The number of hydrogen-bond acceptors (Lipinski definition) is 6. The quantitative estimate of drug-likeness (QED) is 0.711. The van der Waals surface area contributed by atoms with Gasteiger partial charge in [0.1, 0.15) is 11.4 Å². The first-order valence-corrected chi connectivity index (χ1v) is 10.4. The summed E-state index contributed by atoms with van der Waals surface area (Å²) < 4.78 is 2.33. The standard InChI is InChI=1S/C20H33N5O3/c1-14(2)12-25-18(21)17(19(27)22(3)20(25)28)16(26)13-23-8-10-24(11-9-23)15-6-4-5-7-15/h14-15H,4-13,21H2,1-3H3. The van der Waals surface area contributed by atoms with E-state index in [2.05, 4.69) is 9.80 Å². The molecule has 1 aromatic rings. The van der Waals surface area contributed by atoms with E-state index in [0.29, 0.717) is 12.6 Å². The fourth-order valence-corrected chi connectivity index (χ4v) is 4.43. The number of piperazine rings is 1. The summed E-state index contributed by atoms with van der Waals surface area (Å²) in [6.45, 7) is 8.00. The maximum absolute atomic E-state index is 12.9. The molecule has 0 amide bonds. The van der Waals surface area contributed by atoms with Crippen LogP contribution in [0.2, 0.25) is 0 Å². The topological polar surface area (TPSA) is 93.6 Å². The average Bonchev–Trinajstić information content (AvgIpc) is 3.19. The molecule has 8 nitrogen and oxygen atoms in total. The number of nitrogen functional groups attached to an aromatic ring is 1. The first kappa shape index (κ1) is 20.8. The zero-order chi connectivity index (χ0) is 20.4. The number of rotatable bonds is 6. The monoisotopic (exact) mass is 391 g/mol. The second-order valence-electron chi connectivity index (χ2n) is 8.59. The van der Waals surface area contributed by atoms with E-state index >= 15 is 0 Å². The van der Waals surface area contributed by atoms with E-state index in [1.54, 1.807) is 0 Å². The van der Waals surface area contributed by atoms with Crippen molar-refractivity contribution in [3.05, 3.63) is 26.4 Å². The van der Waals surface area contributed by atoms with E-state index in [1.807, 2.05) is 13.8 Å². The summed E-state index contributed by atoms with van der Waals surface area (Å²) in [6, 6.07) is 0.695. The van der Waals surface area contributed by atoms with Gasteiger partial charge in [-0.15, -0.1) is 0 Å². The van der Waals surface area contributed by atoms with Crippen molar-refractivity contribution < 1.29 is 4.79 Å². The third-order valence-electron chi connectivity index (χ3n) is 6.03. The van der Waals surface area contributed by atoms with Gasteiger partial charge >= 0.3 is 5.69 Å². The summed E-state index contributed by atoms with van der Waals surface area (Å²) in [7, 11) is 1.40. The lowest BCUT2D eigenvalue weighted by atomic mass is 10.1. The van der Waals surface area contributed by atoms with E-state index in [1.165, 1.54) is 37.3 Å². The molecule has 0 bridgehead atoms. The molecule has 2 heterocycles. The Labute approximate surface area is 165 Å². The van der Waals surface area contributed by atoms with Crippen molar-refractivity contribution >= 4 is 11.6 Å². The molecule has 28 heavy (non-hydrogen) atoms. The third kappa shape index (κ3) is 4.22. The predicted molar refractivity (Wildman–Crippen MR) is 110 cm³/mol. The predicted octanol–water partition coefficient (Wildman–Crippen LogP) is 0.528. The molecule has 1 aliphatic carbocycles. The number of hydrogen-bond donors (Lipinski definition) is 1. The van der Waals surface area contributed by atoms with Crippen molar-refractivity contribution in [3.8, 4) is 0 Å². The Kier molecular flexibility index (Phi) is 6.40. The van der Waals surface area contributed by atoms with Crippen LogP contribution in [-0.4, -0.2) is 63.5 Å². The van der Waals surface area contributed by atoms with Gasteiger partial charge in [-0.2, -0.15) is 0 Å².